The lowest BCUT2D eigenvalue weighted by molar-refractivity contribution is -0.201. The number of allylic oxidation sites excluding steroid dienone is 4. The minimum absolute atomic E-state index is 0.0713. The molecule has 6 rings (SSSR count). The van der Waals surface area contributed by atoms with Crippen LogP contribution in [0.1, 0.15) is 26.7 Å². The van der Waals surface area contributed by atoms with Crippen molar-refractivity contribution in [1.29, 1.82) is 0 Å². The molecule has 8 unspecified atom stereocenters. The van der Waals surface area contributed by atoms with Crippen LogP contribution < -0.4 is 0 Å². The number of nitrogens with zero attached hydrogens (tertiary/aromatic N) is 4. The predicted molar refractivity (Wildman–Crippen MR) is 178 cm³/mol. The maximum Gasteiger partial charge on any atom is 0.303 e. The highest BCUT2D eigenvalue weighted by Gasteiger charge is 2.72. The standard InChI is InChI=1S/C31H36N4O11S3/c1-16(38)45-20-10-6-8-18-12-28(44)24(40)32(3)31(15-37,27(43)34(28)22(18)20)49-48-29-13-19-9-7-11-21(46-17(2)39)23(19)35(29)26(42)30(14-36,47-5)33(4)25(29)41/h6-11,20-23,36-37,44H,12-15H2,1-5H3. The van der Waals surface area contributed by atoms with Crippen molar-refractivity contribution in [3.8, 4) is 0 Å². The molecule has 6 aliphatic rings. The van der Waals surface area contributed by atoms with Gasteiger partial charge in [-0.15, -0.1) is 11.8 Å². The molecule has 0 bridgehead atoms. The van der Waals surface area contributed by atoms with E-state index in [0.29, 0.717) is 21.9 Å². The van der Waals surface area contributed by atoms with E-state index in [1.54, 1.807) is 36.6 Å². The average Bonchev–Trinajstić information content (AvgIpc) is 3.58. The Kier molecular flexibility index (Phi) is 8.84. The fourth-order valence-electron chi connectivity index (χ4n) is 7.60. The number of ether oxygens (including phenoxy) is 2. The van der Waals surface area contributed by atoms with E-state index < -0.39 is 93.4 Å². The lowest BCUT2D eigenvalue weighted by Gasteiger charge is -2.55. The smallest absolute Gasteiger partial charge is 0.303 e. The first-order valence-electron chi connectivity index (χ1n) is 15.3. The fourth-order valence-corrected chi connectivity index (χ4v) is 11.9. The molecule has 4 aliphatic heterocycles. The van der Waals surface area contributed by atoms with E-state index in [-0.39, 0.29) is 12.8 Å². The lowest BCUT2D eigenvalue weighted by atomic mass is 9.96. The van der Waals surface area contributed by atoms with E-state index in [2.05, 4.69) is 0 Å². The number of carbonyl (C=O) groups excluding carboxylic acids is 6. The van der Waals surface area contributed by atoms with Gasteiger partial charge in [-0.25, -0.2) is 0 Å². The van der Waals surface area contributed by atoms with Gasteiger partial charge in [0.1, 0.15) is 12.2 Å². The van der Waals surface area contributed by atoms with Crippen molar-refractivity contribution in [2.24, 2.45) is 0 Å². The van der Waals surface area contributed by atoms with Crippen LogP contribution in [0, 0.1) is 0 Å². The molecule has 0 aromatic rings. The van der Waals surface area contributed by atoms with E-state index in [9.17, 15) is 44.1 Å². The summed E-state index contributed by atoms with van der Waals surface area (Å²) in [5.74, 6) is -4.31. The number of esters is 2. The van der Waals surface area contributed by atoms with Crippen molar-refractivity contribution in [3.05, 3.63) is 47.6 Å². The number of carbonyl (C=O) groups is 6. The Bertz CT molecular complexity index is 1660. The molecule has 4 fully saturated rings. The van der Waals surface area contributed by atoms with Gasteiger partial charge in [-0.1, -0.05) is 35.1 Å². The summed E-state index contributed by atoms with van der Waals surface area (Å²) in [5, 5.41) is 33.3. The van der Waals surface area contributed by atoms with Gasteiger partial charge in [-0.05, 0) is 40.3 Å². The minimum Gasteiger partial charge on any atom is -0.456 e. The molecule has 15 nitrogen and oxygen atoms in total. The Hall–Kier alpha value is -3.29. The summed E-state index contributed by atoms with van der Waals surface area (Å²) >= 11 is 0.966. The van der Waals surface area contributed by atoms with Crippen LogP contribution in [0.15, 0.2) is 47.6 Å². The first-order chi connectivity index (χ1) is 23.1. The summed E-state index contributed by atoms with van der Waals surface area (Å²) in [6.45, 7) is 0.730. The Morgan fingerprint density at radius 3 is 1.78 bits per heavy atom. The lowest BCUT2D eigenvalue weighted by Crippen LogP contribution is -2.76. The molecule has 0 radical (unpaired) electrons. The van der Waals surface area contributed by atoms with Gasteiger partial charge < -0.3 is 39.5 Å². The van der Waals surface area contributed by atoms with E-state index in [1.165, 1.54) is 38.9 Å². The summed E-state index contributed by atoms with van der Waals surface area (Å²) in [5.41, 5.74) is -1.32. The Morgan fingerprint density at radius 1 is 0.776 bits per heavy atom. The van der Waals surface area contributed by atoms with Crippen LogP contribution >= 0.6 is 33.3 Å². The second-order valence-electron chi connectivity index (χ2n) is 12.6. The van der Waals surface area contributed by atoms with E-state index in [4.69, 9.17) is 9.47 Å². The molecule has 0 saturated carbocycles. The number of fused-ring (bicyclic) bond motifs is 6. The second kappa shape index (κ2) is 12.2. The number of hydrogen-bond acceptors (Lipinski definition) is 14. The minimum atomic E-state index is -2.35. The highest BCUT2D eigenvalue weighted by Crippen LogP contribution is 2.61. The van der Waals surface area contributed by atoms with Crippen LogP contribution in [0.3, 0.4) is 0 Å². The summed E-state index contributed by atoms with van der Waals surface area (Å²) < 4.78 is 11.0. The molecule has 8 atom stereocenters. The third-order valence-corrected chi connectivity index (χ3v) is 14.9. The zero-order chi connectivity index (χ0) is 35.8. The van der Waals surface area contributed by atoms with Gasteiger partial charge in [0.2, 0.25) is 10.6 Å². The monoisotopic (exact) mass is 736 g/mol. The van der Waals surface area contributed by atoms with E-state index >= 15 is 0 Å². The average molecular weight is 737 g/mol. The van der Waals surface area contributed by atoms with Crippen LogP contribution in [-0.4, -0.2) is 149 Å². The highest BCUT2D eigenvalue weighted by atomic mass is 33.1. The Labute approximate surface area is 293 Å². The number of likely N-dealkylation sites (N-methyl/N-ethyl adjacent to an activating group) is 2. The largest absolute Gasteiger partial charge is 0.456 e. The molecule has 4 amide bonds. The van der Waals surface area contributed by atoms with Crippen LogP contribution in [0.25, 0.3) is 0 Å². The SMILES string of the molecule is CSC1(CO)C(=O)N2C3C(=CC=CC3OC(C)=O)CC2(SSC2(CO)C(=O)N3C4C(=CC=CC4OC(C)=O)CC3(O)C(=O)N2C)C(=O)N1C. The van der Waals surface area contributed by atoms with E-state index in [0.717, 1.165) is 37.3 Å². The highest BCUT2D eigenvalue weighted by molar-refractivity contribution is 8.78. The predicted octanol–water partition coefficient (Wildman–Crippen LogP) is -0.505. The molecule has 4 heterocycles. The van der Waals surface area contributed by atoms with Crippen molar-refractivity contribution in [1.82, 2.24) is 19.6 Å². The molecule has 4 saturated heterocycles. The summed E-state index contributed by atoms with van der Waals surface area (Å²) in [6.07, 6.45) is 8.95. The Morgan fingerprint density at radius 2 is 1.27 bits per heavy atom. The van der Waals surface area contributed by atoms with Crippen LogP contribution in [-0.2, 0) is 38.2 Å². The van der Waals surface area contributed by atoms with Gasteiger partial charge in [0, 0.05) is 40.8 Å². The van der Waals surface area contributed by atoms with Crippen molar-refractivity contribution < 1.29 is 53.6 Å². The number of piperazine rings is 2. The first-order valence-corrected chi connectivity index (χ1v) is 18.7. The summed E-state index contributed by atoms with van der Waals surface area (Å²) in [7, 11) is 4.12. The molecule has 49 heavy (non-hydrogen) atoms. The quantitative estimate of drug-likeness (QED) is 0.213. The normalized spacial score (nSPS) is 37.8. The third-order valence-electron chi connectivity index (χ3n) is 10.0. The van der Waals surface area contributed by atoms with Crippen LogP contribution in [0.4, 0.5) is 0 Å². The number of hydrogen-bond donors (Lipinski definition) is 3. The zero-order valence-corrected chi connectivity index (χ0v) is 29.7. The van der Waals surface area contributed by atoms with Crippen LogP contribution in [0.5, 0.6) is 0 Å². The number of aliphatic hydroxyl groups is 3. The number of amides is 4. The molecule has 264 valence electrons. The van der Waals surface area contributed by atoms with Crippen LogP contribution in [0.2, 0.25) is 0 Å². The van der Waals surface area contributed by atoms with E-state index in [1.807, 2.05) is 0 Å². The molecular weight excluding hydrogens is 701 g/mol. The third kappa shape index (κ3) is 4.77. The van der Waals surface area contributed by atoms with Crippen molar-refractivity contribution >= 4 is 68.9 Å². The van der Waals surface area contributed by atoms with Crippen molar-refractivity contribution in [2.75, 3.05) is 33.6 Å². The number of rotatable bonds is 8. The molecule has 0 aromatic carbocycles. The topological polar surface area (TPSA) is 195 Å². The maximum atomic E-state index is 14.7. The Balaban J connectivity index is 1.43. The maximum absolute atomic E-state index is 14.7. The number of aliphatic hydroxyl groups excluding tert-OH is 2. The molecule has 3 N–H and O–H groups in total. The first kappa shape index (κ1) is 35.5. The van der Waals surface area contributed by atoms with Gasteiger partial charge in [0.25, 0.3) is 23.6 Å². The second-order valence-corrected chi connectivity index (χ2v) is 16.3. The molecule has 0 spiro atoms. The van der Waals surface area contributed by atoms with Gasteiger partial charge in [-0.2, -0.15) is 0 Å². The van der Waals surface area contributed by atoms with Gasteiger partial charge in [-0.3, -0.25) is 33.7 Å². The summed E-state index contributed by atoms with van der Waals surface area (Å²) in [6, 6.07) is -1.99. The number of thioether (sulfide) groups is 1. The molecule has 2 aliphatic carbocycles. The zero-order valence-electron chi connectivity index (χ0n) is 27.2. The fraction of sp³-hybridized carbons (Fsp3) is 0.548. The molecule has 18 heteroatoms. The van der Waals surface area contributed by atoms with Gasteiger partial charge in [0.05, 0.1) is 25.3 Å². The molecule has 0 aromatic heterocycles. The van der Waals surface area contributed by atoms with Gasteiger partial charge >= 0.3 is 11.9 Å². The molecular formula is C31H36N4O11S3. The summed E-state index contributed by atoms with van der Waals surface area (Å²) in [4.78, 5) is 80.7. The van der Waals surface area contributed by atoms with Gasteiger partial charge in [0.15, 0.2) is 9.74 Å². The van der Waals surface area contributed by atoms with Crippen molar-refractivity contribution in [2.45, 2.75) is 71.3 Å². The van der Waals surface area contributed by atoms with Crippen molar-refractivity contribution in [3.63, 3.8) is 0 Å².